The fraction of sp³-hybridized carbons (Fsp3) is 0.200. The largest absolute Gasteiger partial charge is 0.372 e. The third-order valence-electron chi connectivity index (χ3n) is 17.5. The topological polar surface area (TPSA) is 9.72 Å². The average molecular weight is 1080 g/mol. The standard InChI is InChI=1S/C80H79N3/c1-11-24-68-67(13-3)54(10)75(76(68)45-55-29-37-64(38-30-55)81(14-4)15-5)51-58(12-2)61-48-62(59-35-43-73-69-25-20-22-27-71(69)77(79(73)52-59)46-56-31-39-65(40-32-56)82(16-6)17-7)50-63(49-61)60-36-44-74-70-26-21-23-28-72(70)78(80(74)53-60)47-57-33-41-66(42-34-57)83(18-8)19-9/h11-13,20,22-25,27-53H,3,10,14-19,21,26H2,1-2,4-9H3/b24-11-,58-12+,75-51+,76-45+,77-46+,78-47+. The molecule has 7 aromatic rings. The minimum Gasteiger partial charge on any atom is -0.372 e. The Morgan fingerprint density at radius 1 is 0.470 bits per heavy atom. The first-order valence-electron chi connectivity index (χ1n) is 30.4. The Hall–Kier alpha value is -8.92. The van der Waals surface area contributed by atoms with E-state index in [1.807, 2.05) is 6.08 Å². The van der Waals surface area contributed by atoms with E-state index in [0.29, 0.717) is 0 Å². The lowest BCUT2D eigenvalue weighted by atomic mass is 9.88. The normalized spacial score (nSPS) is 16.4. The maximum absolute atomic E-state index is 4.78. The van der Waals surface area contributed by atoms with E-state index in [4.69, 9.17) is 6.58 Å². The third-order valence-corrected chi connectivity index (χ3v) is 17.5. The van der Waals surface area contributed by atoms with Crippen molar-refractivity contribution in [2.45, 2.75) is 68.2 Å². The van der Waals surface area contributed by atoms with E-state index in [1.165, 1.54) is 101 Å². The van der Waals surface area contributed by atoms with Crippen molar-refractivity contribution in [3.05, 3.63) is 285 Å². The molecule has 3 nitrogen and oxygen atoms in total. The monoisotopic (exact) mass is 1080 g/mol. The number of nitrogens with zero attached hydrogens (tertiary/aromatic N) is 3. The van der Waals surface area contributed by atoms with Crippen molar-refractivity contribution < 1.29 is 0 Å². The van der Waals surface area contributed by atoms with Gasteiger partial charge in [-0.05, 0) is 293 Å². The van der Waals surface area contributed by atoms with E-state index in [-0.39, 0.29) is 0 Å². The summed E-state index contributed by atoms with van der Waals surface area (Å²) < 4.78 is 0. The number of allylic oxidation sites excluding steroid dienone is 16. The minimum absolute atomic E-state index is 0.967. The lowest BCUT2D eigenvalue weighted by molar-refractivity contribution is 0.866. The number of hydrogen-bond acceptors (Lipinski definition) is 3. The molecule has 0 aromatic heterocycles. The summed E-state index contributed by atoms with van der Waals surface area (Å²) in [6.45, 7) is 32.6. The molecule has 0 atom stereocenters. The second kappa shape index (κ2) is 24.7. The first-order chi connectivity index (χ1) is 40.6. The molecule has 414 valence electrons. The fourth-order valence-electron chi connectivity index (χ4n) is 13.0. The number of benzene rings is 7. The van der Waals surface area contributed by atoms with Crippen molar-refractivity contribution in [1.82, 2.24) is 0 Å². The van der Waals surface area contributed by atoms with Crippen LogP contribution in [0.15, 0.2) is 241 Å². The molecule has 7 aromatic carbocycles. The van der Waals surface area contributed by atoms with Gasteiger partial charge in [-0.2, -0.15) is 0 Å². The number of rotatable bonds is 18. The van der Waals surface area contributed by atoms with Crippen LogP contribution in [0.25, 0.3) is 73.9 Å². The van der Waals surface area contributed by atoms with Gasteiger partial charge < -0.3 is 14.7 Å². The molecule has 4 aliphatic rings. The van der Waals surface area contributed by atoms with Gasteiger partial charge in [0, 0.05) is 56.3 Å². The number of fused-ring (bicyclic) bond motifs is 5. The Morgan fingerprint density at radius 3 is 1.46 bits per heavy atom. The lowest BCUT2D eigenvalue weighted by Crippen LogP contribution is -2.21. The summed E-state index contributed by atoms with van der Waals surface area (Å²) in [5, 5.41) is 0. The molecule has 3 heteroatoms. The van der Waals surface area contributed by atoms with Gasteiger partial charge in [0.15, 0.2) is 0 Å². The van der Waals surface area contributed by atoms with Crippen LogP contribution in [-0.2, 0) is 0 Å². The van der Waals surface area contributed by atoms with Crippen LogP contribution in [-0.4, -0.2) is 39.3 Å². The highest BCUT2D eigenvalue weighted by Gasteiger charge is 2.29. The van der Waals surface area contributed by atoms with Crippen molar-refractivity contribution in [2.75, 3.05) is 54.0 Å². The van der Waals surface area contributed by atoms with E-state index in [1.54, 1.807) is 0 Å². The van der Waals surface area contributed by atoms with E-state index in [2.05, 4.69) is 283 Å². The Labute approximate surface area is 495 Å². The quantitative estimate of drug-likeness (QED) is 0.0848. The highest BCUT2D eigenvalue weighted by atomic mass is 15.1. The first-order valence-corrected chi connectivity index (χ1v) is 30.4. The number of anilines is 3. The highest BCUT2D eigenvalue weighted by molar-refractivity contribution is 6.09. The SMILES string of the molecule is C=CC1=C(/C=C\C)C(=C\c2ccc(N(CC)CC)cc2)/C(=C/C(=C\C)c2cc(-c3ccc4c(c3)/C(=C/c3ccc(N(CC)CC)cc3)C3=C4CCC=C3)cc(-c3ccc4c(c3)/C(=C/c3ccc(N(CC)CC)cc3)c3ccccc3-4)c2)C1=C. The highest BCUT2D eigenvalue weighted by Crippen LogP contribution is 2.50. The summed E-state index contributed by atoms with van der Waals surface area (Å²) in [7, 11) is 0. The summed E-state index contributed by atoms with van der Waals surface area (Å²) in [5.74, 6) is 0. The summed E-state index contributed by atoms with van der Waals surface area (Å²) in [4.78, 5) is 7.20. The second-order valence-corrected chi connectivity index (χ2v) is 22.0. The Balaban J connectivity index is 1.07. The molecule has 0 spiro atoms. The summed E-state index contributed by atoms with van der Waals surface area (Å²) in [5.41, 5.74) is 32.7. The molecule has 11 rings (SSSR count). The molecule has 0 fully saturated rings. The van der Waals surface area contributed by atoms with Crippen LogP contribution in [0, 0.1) is 0 Å². The van der Waals surface area contributed by atoms with Gasteiger partial charge in [-0.25, -0.2) is 0 Å². The van der Waals surface area contributed by atoms with Crippen LogP contribution in [0.3, 0.4) is 0 Å². The van der Waals surface area contributed by atoms with Crippen LogP contribution in [0.5, 0.6) is 0 Å². The van der Waals surface area contributed by atoms with Crippen molar-refractivity contribution in [3.8, 4) is 33.4 Å². The summed E-state index contributed by atoms with van der Waals surface area (Å²) >= 11 is 0. The zero-order valence-electron chi connectivity index (χ0n) is 50.1. The molecular formula is C80H79N3. The maximum atomic E-state index is 4.78. The van der Waals surface area contributed by atoms with Gasteiger partial charge in [0.2, 0.25) is 0 Å². The smallest absolute Gasteiger partial charge is 0.0366 e. The van der Waals surface area contributed by atoms with E-state index >= 15 is 0 Å². The van der Waals surface area contributed by atoms with Gasteiger partial charge >= 0.3 is 0 Å². The van der Waals surface area contributed by atoms with Crippen molar-refractivity contribution in [1.29, 1.82) is 0 Å². The predicted molar refractivity (Wildman–Crippen MR) is 364 cm³/mol. The minimum atomic E-state index is 0.967. The molecular weight excluding hydrogens is 1000 g/mol. The average Bonchev–Trinajstić information content (AvgIpc) is 4.34. The van der Waals surface area contributed by atoms with Gasteiger partial charge in [-0.3, -0.25) is 0 Å². The zero-order valence-corrected chi connectivity index (χ0v) is 50.1. The Bertz CT molecular complexity index is 3930. The third kappa shape index (κ3) is 10.9. The van der Waals surface area contributed by atoms with Crippen LogP contribution in [0.4, 0.5) is 17.1 Å². The molecule has 0 heterocycles. The van der Waals surface area contributed by atoms with Gasteiger partial charge in [0.05, 0.1) is 0 Å². The summed E-state index contributed by atoms with van der Waals surface area (Å²) in [6, 6.07) is 57.7. The molecule has 0 N–H and O–H groups in total. The summed E-state index contributed by atoms with van der Waals surface area (Å²) in [6.07, 6.45) is 24.9. The molecule has 0 bridgehead atoms. The van der Waals surface area contributed by atoms with Gasteiger partial charge in [-0.1, -0.05) is 135 Å². The number of hydrogen-bond donors (Lipinski definition) is 0. The zero-order chi connectivity index (χ0) is 57.7. The Morgan fingerprint density at radius 2 is 0.952 bits per heavy atom. The lowest BCUT2D eigenvalue weighted by Gasteiger charge is -2.21. The fourth-order valence-corrected chi connectivity index (χ4v) is 13.0. The molecule has 0 saturated heterocycles. The molecule has 4 aliphatic carbocycles. The van der Waals surface area contributed by atoms with Crippen LogP contribution in [0.1, 0.15) is 113 Å². The molecule has 0 amide bonds. The molecule has 0 unspecified atom stereocenters. The van der Waals surface area contributed by atoms with Crippen LogP contribution >= 0.6 is 0 Å². The van der Waals surface area contributed by atoms with Gasteiger partial charge in [-0.15, -0.1) is 0 Å². The predicted octanol–water partition coefficient (Wildman–Crippen LogP) is 20.8. The molecule has 0 aliphatic heterocycles. The Kier molecular flexibility index (Phi) is 16.6. The van der Waals surface area contributed by atoms with E-state index in [9.17, 15) is 0 Å². The van der Waals surface area contributed by atoms with Crippen molar-refractivity contribution in [2.24, 2.45) is 0 Å². The second-order valence-electron chi connectivity index (χ2n) is 22.0. The maximum Gasteiger partial charge on any atom is 0.0366 e. The van der Waals surface area contributed by atoms with Gasteiger partial charge in [0.25, 0.3) is 0 Å². The molecule has 0 radical (unpaired) electrons. The van der Waals surface area contributed by atoms with E-state index < -0.39 is 0 Å². The van der Waals surface area contributed by atoms with Crippen molar-refractivity contribution >= 4 is 57.6 Å². The molecule has 0 saturated carbocycles. The van der Waals surface area contributed by atoms with Crippen LogP contribution in [0.2, 0.25) is 0 Å². The van der Waals surface area contributed by atoms with E-state index in [0.717, 1.165) is 102 Å². The van der Waals surface area contributed by atoms with Crippen molar-refractivity contribution in [3.63, 3.8) is 0 Å². The first kappa shape index (κ1) is 56.0. The molecule has 83 heavy (non-hydrogen) atoms. The van der Waals surface area contributed by atoms with Gasteiger partial charge in [0.1, 0.15) is 0 Å². The van der Waals surface area contributed by atoms with Crippen LogP contribution < -0.4 is 14.7 Å².